The van der Waals surface area contributed by atoms with E-state index in [4.69, 9.17) is 21.4 Å². The first kappa shape index (κ1) is 12.7. The Kier molecular flexibility index (Phi) is 6.94. The van der Waals surface area contributed by atoms with Gasteiger partial charge in [-0.05, 0) is 14.0 Å². The van der Waals surface area contributed by atoms with Crippen LogP contribution in [-0.2, 0) is 9.53 Å². The molecule has 1 N–H and O–H groups in total. The molecule has 1 unspecified atom stereocenters. The standard InChI is InChI=1S/C8H16ClNO3/c1-3-13-5-4-10(2)6-7(9)8(11)12/h7H,3-6H2,1-2H3,(H,11,12). The summed E-state index contributed by atoms with van der Waals surface area (Å²) in [7, 11) is 1.82. The highest BCUT2D eigenvalue weighted by Crippen LogP contribution is 1.98. The van der Waals surface area contributed by atoms with Gasteiger partial charge < -0.3 is 14.7 Å². The van der Waals surface area contributed by atoms with Gasteiger partial charge in [0.2, 0.25) is 0 Å². The number of likely N-dealkylation sites (N-methyl/N-ethyl adjacent to an activating group) is 1. The highest BCUT2D eigenvalue weighted by molar-refractivity contribution is 6.29. The summed E-state index contributed by atoms with van der Waals surface area (Å²) in [5.74, 6) is -0.982. The molecule has 0 spiro atoms. The number of nitrogens with zero attached hydrogens (tertiary/aromatic N) is 1. The summed E-state index contributed by atoms with van der Waals surface area (Å²) >= 11 is 5.54. The monoisotopic (exact) mass is 209 g/mol. The van der Waals surface area contributed by atoms with Crippen molar-refractivity contribution < 1.29 is 14.6 Å². The van der Waals surface area contributed by atoms with Crippen molar-refractivity contribution in [1.29, 1.82) is 0 Å². The molecule has 0 aromatic rings. The third-order valence-corrected chi connectivity index (χ3v) is 1.89. The van der Waals surface area contributed by atoms with Gasteiger partial charge in [-0.15, -0.1) is 11.6 Å². The van der Waals surface area contributed by atoms with E-state index in [2.05, 4.69) is 0 Å². The summed E-state index contributed by atoms with van der Waals surface area (Å²) in [6.45, 7) is 4.24. The molecule has 0 rings (SSSR count). The zero-order chi connectivity index (χ0) is 10.3. The van der Waals surface area contributed by atoms with Crippen molar-refractivity contribution in [2.45, 2.75) is 12.3 Å². The summed E-state index contributed by atoms with van der Waals surface area (Å²) < 4.78 is 5.11. The molecular formula is C8H16ClNO3. The molecule has 5 heteroatoms. The van der Waals surface area contributed by atoms with Gasteiger partial charge in [0.15, 0.2) is 0 Å². The van der Waals surface area contributed by atoms with Crippen LogP contribution in [0.5, 0.6) is 0 Å². The van der Waals surface area contributed by atoms with Gasteiger partial charge >= 0.3 is 5.97 Å². The van der Waals surface area contributed by atoms with E-state index < -0.39 is 11.3 Å². The molecule has 4 nitrogen and oxygen atoms in total. The first-order valence-electron chi connectivity index (χ1n) is 4.21. The number of hydrogen-bond donors (Lipinski definition) is 1. The largest absolute Gasteiger partial charge is 0.480 e. The van der Waals surface area contributed by atoms with Crippen LogP contribution in [-0.4, -0.2) is 54.7 Å². The van der Waals surface area contributed by atoms with Crippen molar-refractivity contribution in [1.82, 2.24) is 4.90 Å². The zero-order valence-electron chi connectivity index (χ0n) is 7.99. The molecule has 0 radical (unpaired) electrons. The van der Waals surface area contributed by atoms with Crippen LogP contribution in [0.3, 0.4) is 0 Å². The van der Waals surface area contributed by atoms with Gasteiger partial charge in [0, 0.05) is 19.7 Å². The normalized spacial score (nSPS) is 13.2. The lowest BCUT2D eigenvalue weighted by molar-refractivity contribution is -0.136. The maximum absolute atomic E-state index is 10.4. The van der Waals surface area contributed by atoms with Gasteiger partial charge in [0.05, 0.1) is 6.61 Å². The highest BCUT2D eigenvalue weighted by atomic mass is 35.5. The summed E-state index contributed by atoms with van der Waals surface area (Å²) in [5, 5.41) is 7.67. The van der Waals surface area contributed by atoms with Crippen molar-refractivity contribution in [3.8, 4) is 0 Å². The Balaban J connectivity index is 3.49. The Bertz CT molecular complexity index is 154. The fourth-order valence-corrected chi connectivity index (χ4v) is 1.04. The molecule has 0 amide bonds. The molecule has 0 fully saturated rings. The number of carboxylic acid groups (broad SMARTS) is 1. The van der Waals surface area contributed by atoms with Crippen molar-refractivity contribution >= 4 is 17.6 Å². The second-order valence-corrected chi connectivity index (χ2v) is 3.29. The van der Waals surface area contributed by atoms with Crippen molar-refractivity contribution in [3.05, 3.63) is 0 Å². The minimum atomic E-state index is -0.982. The molecule has 13 heavy (non-hydrogen) atoms. The Morgan fingerprint density at radius 3 is 2.77 bits per heavy atom. The lowest BCUT2D eigenvalue weighted by Gasteiger charge is -2.17. The molecule has 0 aromatic heterocycles. The van der Waals surface area contributed by atoms with E-state index in [1.165, 1.54) is 0 Å². The van der Waals surface area contributed by atoms with Gasteiger partial charge in [0.1, 0.15) is 5.38 Å². The third kappa shape index (κ3) is 6.81. The molecule has 0 aromatic carbocycles. The van der Waals surface area contributed by atoms with Crippen molar-refractivity contribution in [2.75, 3.05) is 33.4 Å². The molecule has 0 saturated heterocycles. The van der Waals surface area contributed by atoms with Gasteiger partial charge in [-0.2, -0.15) is 0 Å². The first-order chi connectivity index (χ1) is 6.07. The molecule has 0 saturated carbocycles. The number of carboxylic acids is 1. The third-order valence-electron chi connectivity index (χ3n) is 1.56. The number of carbonyl (C=O) groups is 1. The van der Waals surface area contributed by atoms with Crippen LogP contribution < -0.4 is 0 Å². The summed E-state index contributed by atoms with van der Waals surface area (Å²) in [6.07, 6.45) is 0. The molecular weight excluding hydrogens is 194 g/mol. The second-order valence-electron chi connectivity index (χ2n) is 2.76. The van der Waals surface area contributed by atoms with E-state index in [0.29, 0.717) is 26.3 Å². The van der Waals surface area contributed by atoms with Crippen molar-refractivity contribution in [3.63, 3.8) is 0 Å². The maximum atomic E-state index is 10.4. The first-order valence-corrected chi connectivity index (χ1v) is 4.64. The molecule has 78 valence electrons. The van der Waals surface area contributed by atoms with Gasteiger partial charge in [-0.3, -0.25) is 4.79 Å². The molecule has 0 aliphatic rings. The van der Waals surface area contributed by atoms with Crippen LogP contribution >= 0.6 is 11.6 Å². The molecule has 1 atom stereocenters. The summed E-state index contributed by atoms with van der Waals surface area (Å²) in [4.78, 5) is 12.2. The fourth-order valence-electron chi connectivity index (χ4n) is 0.808. The van der Waals surface area contributed by atoms with Gasteiger partial charge in [-0.1, -0.05) is 0 Å². The Hall–Kier alpha value is -0.320. The minimum absolute atomic E-state index is 0.337. The highest BCUT2D eigenvalue weighted by Gasteiger charge is 2.15. The average molecular weight is 210 g/mol. The van der Waals surface area contributed by atoms with Crippen LogP contribution in [0, 0.1) is 0 Å². The molecule has 0 heterocycles. The number of hydrogen-bond acceptors (Lipinski definition) is 3. The average Bonchev–Trinajstić information content (AvgIpc) is 2.04. The topological polar surface area (TPSA) is 49.8 Å². The van der Waals surface area contributed by atoms with Crippen molar-refractivity contribution in [2.24, 2.45) is 0 Å². The van der Waals surface area contributed by atoms with E-state index in [0.717, 1.165) is 0 Å². The SMILES string of the molecule is CCOCCN(C)CC(Cl)C(=O)O. The number of aliphatic carboxylic acids is 1. The number of halogens is 1. The number of rotatable bonds is 7. The van der Waals surface area contributed by atoms with Crippen LogP contribution in [0.15, 0.2) is 0 Å². The van der Waals surface area contributed by atoms with Gasteiger partial charge in [-0.25, -0.2) is 0 Å². The number of ether oxygens (including phenoxy) is 1. The fraction of sp³-hybridized carbons (Fsp3) is 0.875. The summed E-state index contributed by atoms with van der Waals surface area (Å²) in [5.41, 5.74) is 0. The minimum Gasteiger partial charge on any atom is -0.480 e. The quantitative estimate of drug-likeness (QED) is 0.494. The number of alkyl halides is 1. The Morgan fingerprint density at radius 1 is 1.69 bits per heavy atom. The molecule has 0 aliphatic heterocycles. The molecule has 0 aliphatic carbocycles. The van der Waals surface area contributed by atoms with E-state index in [1.807, 2.05) is 18.9 Å². The van der Waals surface area contributed by atoms with Crippen LogP contribution in [0.2, 0.25) is 0 Å². The maximum Gasteiger partial charge on any atom is 0.322 e. The van der Waals surface area contributed by atoms with E-state index in [1.54, 1.807) is 0 Å². The van der Waals surface area contributed by atoms with E-state index >= 15 is 0 Å². The zero-order valence-corrected chi connectivity index (χ0v) is 8.75. The Labute approximate surface area is 83.4 Å². The summed E-state index contributed by atoms with van der Waals surface area (Å²) in [6, 6.07) is 0. The van der Waals surface area contributed by atoms with Crippen LogP contribution in [0.1, 0.15) is 6.92 Å². The lowest BCUT2D eigenvalue weighted by atomic mass is 10.4. The second kappa shape index (κ2) is 7.12. The Morgan fingerprint density at radius 2 is 2.31 bits per heavy atom. The van der Waals surface area contributed by atoms with E-state index in [9.17, 15) is 4.79 Å². The van der Waals surface area contributed by atoms with Gasteiger partial charge in [0.25, 0.3) is 0 Å². The van der Waals surface area contributed by atoms with Crippen LogP contribution in [0.25, 0.3) is 0 Å². The smallest absolute Gasteiger partial charge is 0.322 e. The van der Waals surface area contributed by atoms with Crippen LogP contribution in [0.4, 0.5) is 0 Å². The predicted octanol–water partition coefficient (Wildman–Crippen LogP) is 0.647. The predicted molar refractivity (Wildman–Crippen MR) is 51.3 cm³/mol. The van der Waals surface area contributed by atoms with E-state index in [-0.39, 0.29) is 0 Å². The molecule has 0 bridgehead atoms. The lowest BCUT2D eigenvalue weighted by Crippen LogP contribution is -2.33.